The molecule has 0 aromatic heterocycles. The molecule has 2 nitrogen and oxygen atoms in total. The molecule has 0 spiro atoms. The standard InChI is InChI=1S/C11H20O2/c1-10(2)8-4-3-5-11(6-12,7-13)9(8)10/h8-9,12-13H,3-7H2,1-2H3. The minimum atomic E-state index is -0.160. The summed E-state index contributed by atoms with van der Waals surface area (Å²) in [4.78, 5) is 0. The van der Waals surface area contributed by atoms with E-state index in [2.05, 4.69) is 13.8 Å². The maximum atomic E-state index is 9.41. The van der Waals surface area contributed by atoms with Gasteiger partial charge in [0.2, 0.25) is 0 Å². The Morgan fingerprint density at radius 1 is 1.23 bits per heavy atom. The molecule has 2 atom stereocenters. The summed E-state index contributed by atoms with van der Waals surface area (Å²) in [6.07, 6.45) is 3.47. The van der Waals surface area contributed by atoms with Crippen LogP contribution in [-0.2, 0) is 0 Å². The van der Waals surface area contributed by atoms with Crippen molar-refractivity contribution in [1.29, 1.82) is 0 Å². The van der Waals surface area contributed by atoms with Gasteiger partial charge in [-0.05, 0) is 30.1 Å². The lowest BCUT2D eigenvalue weighted by Crippen LogP contribution is -2.35. The highest BCUT2D eigenvalue weighted by atomic mass is 16.3. The fraction of sp³-hybridized carbons (Fsp3) is 1.00. The maximum Gasteiger partial charge on any atom is 0.0512 e. The number of fused-ring (bicyclic) bond motifs is 1. The van der Waals surface area contributed by atoms with Crippen LogP contribution in [0.4, 0.5) is 0 Å². The van der Waals surface area contributed by atoms with Crippen molar-refractivity contribution in [2.24, 2.45) is 22.7 Å². The molecule has 0 aromatic rings. The topological polar surface area (TPSA) is 40.5 Å². The summed E-state index contributed by atoms with van der Waals surface area (Å²) >= 11 is 0. The zero-order valence-corrected chi connectivity index (χ0v) is 8.58. The lowest BCUT2D eigenvalue weighted by atomic mass is 9.74. The van der Waals surface area contributed by atoms with Crippen LogP contribution in [0.15, 0.2) is 0 Å². The van der Waals surface area contributed by atoms with Crippen LogP contribution in [0, 0.1) is 22.7 Å². The number of hydrogen-bond donors (Lipinski definition) is 2. The number of aliphatic hydroxyl groups is 2. The molecule has 0 heterocycles. The third kappa shape index (κ3) is 1.08. The molecule has 2 saturated carbocycles. The number of rotatable bonds is 2. The molecule has 2 rings (SSSR count). The Hall–Kier alpha value is -0.0800. The average Bonchev–Trinajstić information content (AvgIpc) is 2.70. The quantitative estimate of drug-likeness (QED) is 0.681. The van der Waals surface area contributed by atoms with Crippen LogP contribution in [0.5, 0.6) is 0 Å². The van der Waals surface area contributed by atoms with Crippen molar-refractivity contribution < 1.29 is 10.2 Å². The molecule has 2 fully saturated rings. The van der Waals surface area contributed by atoms with Gasteiger partial charge in [-0.2, -0.15) is 0 Å². The second-order valence-corrected chi connectivity index (χ2v) is 5.48. The van der Waals surface area contributed by atoms with E-state index >= 15 is 0 Å². The van der Waals surface area contributed by atoms with E-state index in [4.69, 9.17) is 0 Å². The molecule has 2 aliphatic rings. The van der Waals surface area contributed by atoms with Crippen LogP contribution in [0.2, 0.25) is 0 Å². The number of aliphatic hydroxyl groups excluding tert-OH is 2. The van der Waals surface area contributed by atoms with E-state index in [1.165, 1.54) is 12.8 Å². The Morgan fingerprint density at radius 2 is 1.85 bits per heavy atom. The molecule has 2 N–H and O–H groups in total. The molecule has 2 aliphatic carbocycles. The first-order valence-corrected chi connectivity index (χ1v) is 5.30. The molecule has 2 unspecified atom stereocenters. The van der Waals surface area contributed by atoms with E-state index in [1.54, 1.807) is 0 Å². The van der Waals surface area contributed by atoms with Crippen molar-refractivity contribution in [2.45, 2.75) is 33.1 Å². The zero-order valence-electron chi connectivity index (χ0n) is 8.58. The van der Waals surface area contributed by atoms with Gasteiger partial charge in [0.1, 0.15) is 0 Å². The maximum absolute atomic E-state index is 9.41. The molecular formula is C11H20O2. The van der Waals surface area contributed by atoms with Gasteiger partial charge < -0.3 is 10.2 Å². The minimum absolute atomic E-state index is 0.160. The molecule has 2 heteroatoms. The lowest BCUT2D eigenvalue weighted by molar-refractivity contribution is 0.00498. The Morgan fingerprint density at radius 3 is 2.31 bits per heavy atom. The second kappa shape index (κ2) is 2.71. The van der Waals surface area contributed by atoms with Crippen LogP contribution in [-0.4, -0.2) is 23.4 Å². The largest absolute Gasteiger partial charge is 0.396 e. The van der Waals surface area contributed by atoms with E-state index in [0.717, 1.165) is 12.3 Å². The first kappa shape index (κ1) is 9.47. The van der Waals surface area contributed by atoms with Crippen LogP contribution >= 0.6 is 0 Å². The lowest BCUT2D eigenvalue weighted by Gasteiger charge is -2.34. The van der Waals surface area contributed by atoms with Crippen LogP contribution < -0.4 is 0 Å². The highest BCUT2D eigenvalue weighted by Gasteiger charge is 2.66. The van der Waals surface area contributed by atoms with Gasteiger partial charge in [-0.3, -0.25) is 0 Å². The molecule has 0 aliphatic heterocycles. The highest BCUT2D eigenvalue weighted by Crippen LogP contribution is 2.70. The molecule has 0 saturated heterocycles. The summed E-state index contributed by atoms with van der Waals surface area (Å²) in [5.74, 6) is 1.31. The molecule has 0 bridgehead atoms. The summed E-state index contributed by atoms with van der Waals surface area (Å²) in [6.45, 7) is 4.86. The Balaban J connectivity index is 2.21. The Kier molecular flexibility index (Phi) is 1.97. The predicted octanol–water partition coefficient (Wildman–Crippen LogP) is 1.41. The summed E-state index contributed by atoms with van der Waals surface area (Å²) in [7, 11) is 0. The summed E-state index contributed by atoms with van der Waals surface area (Å²) in [5.41, 5.74) is 0.203. The van der Waals surface area contributed by atoms with Crippen molar-refractivity contribution in [3.8, 4) is 0 Å². The summed E-state index contributed by atoms with van der Waals surface area (Å²) < 4.78 is 0. The van der Waals surface area contributed by atoms with Gasteiger partial charge in [-0.15, -0.1) is 0 Å². The van der Waals surface area contributed by atoms with Gasteiger partial charge in [0.15, 0.2) is 0 Å². The average molecular weight is 184 g/mol. The van der Waals surface area contributed by atoms with Gasteiger partial charge in [-0.1, -0.05) is 20.3 Å². The highest BCUT2D eigenvalue weighted by molar-refractivity contribution is 5.14. The van der Waals surface area contributed by atoms with Crippen molar-refractivity contribution >= 4 is 0 Å². The summed E-state index contributed by atoms with van der Waals surface area (Å²) in [5, 5.41) is 18.8. The fourth-order valence-corrected chi connectivity index (χ4v) is 3.73. The van der Waals surface area contributed by atoms with Crippen molar-refractivity contribution in [3.63, 3.8) is 0 Å². The summed E-state index contributed by atoms with van der Waals surface area (Å²) in [6, 6.07) is 0. The van der Waals surface area contributed by atoms with Crippen LogP contribution in [0.1, 0.15) is 33.1 Å². The normalized spacial score (nSPS) is 39.7. The molecular weight excluding hydrogens is 164 g/mol. The second-order valence-electron chi connectivity index (χ2n) is 5.48. The molecule has 0 aromatic carbocycles. The molecule has 0 radical (unpaired) electrons. The fourth-order valence-electron chi connectivity index (χ4n) is 3.73. The van der Waals surface area contributed by atoms with E-state index in [9.17, 15) is 10.2 Å². The van der Waals surface area contributed by atoms with Crippen molar-refractivity contribution in [2.75, 3.05) is 13.2 Å². The van der Waals surface area contributed by atoms with Crippen LogP contribution in [0.3, 0.4) is 0 Å². The monoisotopic (exact) mass is 184 g/mol. The van der Waals surface area contributed by atoms with Gasteiger partial charge in [0, 0.05) is 5.41 Å². The Labute approximate surface area is 80.0 Å². The third-order valence-electron chi connectivity index (χ3n) is 4.53. The first-order chi connectivity index (χ1) is 6.08. The molecule has 0 amide bonds. The first-order valence-electron chi connectivity index (χ1n) is 5.30. The van der Waals surface area contributed by atoms with E-state index in [1.807, 2.05) is 0 Å². The zero-order chi connectivity index (χ0) is 9.69. The molecule has 76 valence electrons. The van der Waals surface area contributed by atoms with Gasteiger partial charge in [0.05, 0.1) is 13.2 Å². The predicted molar refractivity (Wildman–Crippen MR) is 51.2 cm³/mol. The van der Waals surface area contributed by atoms with Gasteiger partial charge in [0.25, 0.3) is 0 Å². The van der Waals surface area contributed by atoms with E-state index in [0.29, 0.717) is 11.3 Å². The third-order valence-corrected chi connectivity index (χ3v) is 4.53. The smallest absolute Gasteiger partial charge is 0.0512 e. The van der Waals surface area contributed by atoms with E-state index in [-0.39, 0.29) is 18.6 Å². The van der Waals surface area contributed by atoms with Gasteiger partial charge >= 0.3 is 0 Å². The Bertz CT molecular complexity index is 206. The van der Waals surface area contributed by atoms with Crippen molar-refractivity contribution in [1.82, 2.24) is 0 Å². The minimum Gasteiger partial charge on any atom is -0.396 e. The van der Waals surface area contributed by atoms with E-state index < -0.39 is 0 Å². The molecule has 13 heavy (non-hydrogen) atoms. The van der Waals surface area contributed by atoms with Gasteiger partial charge in [-0.25, -0.2) is 0 Å². The van der Waals surface area contributed by atoms with Crippen LogP contribution in [0.25, 0.3) is 0 Å². The number of hydrogen-bond acceptors (Lipinski definition) is 2. The SMILES string of the molecule is CC1(C)C2CCCC(CO)(CO)C21. The van der Waals surface area contributed by atoms with Crippen molar-refractivity contribution in [3.05, 3.63) is 0 Å².